The number of hydrazine groups is 2. The number of nitrogens with two attached hydrogens (primary N) is 1. The van der Waals surface area contributed by atoms with Crippen LogP contribution in [0, 0.1) is 0 Å². The fourth-order valence-corrected chi connectivity index (χ4v) is 4.41. The van der Waals surface area contributed by atoms with Gasteiger partial charge in [0, 0.05) is 22.3 Å². The van der Waals surface area contributed by atoms with Crippen LogP contribution in [0.15, 0.2) is 24.3 Å². The van der Waals surface area contributed by atoms with Crippen molar-refractivity contribution in [2.75, 3.05) is 31.8 Å². The molecule has 2 heterocycles. The molecule has 0 spiro atoms. The molecule has 0 saturated carbocycles. The van der Waals surface area contributed by atoms with Crippen LogP contribution in [0.5, 0.6) is 23.0 Å². The molecule has 0 radical (unpaired) electrons. The summed E-state index contributed by atoms with van der Waals surface area (Å²) < 4.78 is 31.8. The standard InChI is InChI=1S/C16H22N2O5.C11H11ClO3.C5H12N2O2.CH2Cl2.CH2O3.2K.H/c1-5-10-11(6-7-12-13(10)22-9-8-21-12)14(19)17-18-15(20)23-16(2,3)4;1-2-7-8(11(12)13)3-4-9-10(7)15-6-5-14-9;1-5(2,3)9-4(8)7-6;2-1-3;2-1-4-3;;;/h6-7H,5,8-9H2,1-4H3,(H,17,19)(H,18,20);3-4H,2,5-6H2,1H3;6H2,1-3H3,(H,7,8);1H2;1,3H;;;/q;;;;;2*+1;-1/p-1. The van der Waals surface area contributed by atoms with Gasteiger partial charge in [0.15, 0.2) is 23.0 Å². The second-order valence-electron chi connectivity index (χ2n) is 12.2. The van der Waals surface area contributed by atoms with Gasteiger partial charge in [-0.2, -0.15) is 0 Å². The van der Waals surface area contributed by atoms with Crippen LogP contribution in [0.1, 0.15) is 88.7 Å². The minimum absolute atomic E-state index is 0. The number of amides is 3. The quantitative estimate of drug-likeness (QED) is 0.0410. The zero-order valence-electron chi connectivity index (χ0n) is 34.4. The van der Waals surface area contributed by atoms with E-state index in [0.717, 1.165) is 11.1 Å². The number of fused-ring (bicyclic) bond motifs is 2. The van der Waals surface area contributed by atoms with E-state index in [0.29, 0.717) is 73.4 Å². The number of ether oxygens (including phenoxy) is 6. The summed E-state index contributed by atoms with van der Waals surface area (Å²) >= 11 is 15.0. The van der Waals surface area contributed by atoms with Crippen LogP contribution < -0.4 is 149 Å². The van der Waals surface area contributed by atoms with Gasteiger partial charge < -0.3 is 40.0 Å². The van der Waals surface area contributed by atoms with E-state index in [4.69, 9.17) is 79.1 Å². The Balaban J connectivity index is -0.000000357. The average molecular weight is 906 g/mol. The summed E-state index contributed by atoms with van der Waals surface area (Å²) in [5.41, 5.74) is 7.83. The van der Waals surface area contributed by atoms with E-state index in [2.05, 4.69) is 15.7 Å². The zero-order valence-corrected chi connectivity index (χ0v) is 41.9. The van der Waals surface area contributed by atoms with E-state index in [1.54, 1.807) is 65.8 Å². The maximum absolute atomic E-state index is 12.3. The molecule has 22 heteroatoms. The normalized spacial score (nSPS) is 11.5. The predicted molar refractivity (Wildman–Crippen MR) is 199 cm³/mol. The first-order chi connectivity index (χ1) is 25.3. The molecule has 0 saturated heterocycles. The molecular weight excluding hydrogens is 857 g/mol. The van der Waals surface area contributed by atoms with Crippen LogP contribution in [0.25, 0.3) is 0 Å². The first kappa shape index (κ1) is 59.2. The van der Waals surface area contributed by atoms with Crippen molar-refractivity contribution in [3.05, 3.63) is 46.5 Å². The summed E-state index contributed by atoms with van der Waals surface area (Å²) in [7, 11) is 0. The minimum Gasteiger partial charge on any atom is -1.00 e. The Labute approximate surface area is 428 Å². The van der Waals surface area contributed by atoms with Crippen LogP contribution in [0.2, 0.25) is 0 Å². The van der Waals surface area contributed by atoms with Gasteiger partial charge in [-0.3, -0.25) is 25.2 Å². The molecule has 0 aliphatic carbocycles. The zero-order chi connectivity index (χ0) is 41.5. The topological polar surface area (TPSA) is 235 Å². The number of carbonyl (C=O) groups is 5. The van der Waals surface area contributed by atoms with Gasteiger partial charge in [-0.25, -0.2) is 20.9 Å². The smallest absolute Gasteiger partial charge is 1.00 e. The number of hydrogen-bond donors (Lipinski definition) is 4. The van der Waals surface area contributed by atoms with Crippen molar-refractivity contribution in [3.8, 4) is 23.0 Å². The van der Waals surface area contributed by atoms with E-state index >= 15 is 0 Å². The Hall–Kier alpha value is -1.15. The molecule has 2 aromatic rings. The van der Waals surface area contributed by atoms with Gasteiger partial charge in [0.25, 0.3) is 17.6 Å². The first-order valence-corrected chi connectivity index (χ1v) is 17.6. The summed E-state index contributed by atoms with van der Waals surface area (Å²) in [5, 5.41) is 8.17. The van der Waals surface area contributed by atoms with E-state index in [9.17, 15) is 19.2 Å². The molecule has 306 valence electrons. The molecule has 0 unspecified atom stereocenters. The molecule has 0 bridgehead atoms. The van der Waals surface area contributed by atoms with Crippen molar-refractivity contribution in [2.45, 2.75) is 79.4 Å². The number of halogens is 3. The molecule has 0 fully saturated rings. The van der Waals surface area contributed by atoms with Crippen molar-refractivity contribution >= 4 is 64.6 Å². The van der Waals surface area contributed by atoms with Crippen molar-refractivity contribution in [1.82, 2.24) is 16.3 Å². The Bertz CT molecular complexity index is 1540. The Kier molecular flexibility index (Phi) is 33.5. The van der Waals surface area contributed by atoms with Gasteiger partial charge in [-0.15, -0.1) is 23.2 Å². The summed E-state index contributed by atoms with van der Waals surface area (Å²) in [5.74, 6) is 6.89. The van der Waals surface area contributed by atoms with Crippen molar-refractivity contribution in [2.24, 2.45) is 5.84 Å². The van der Waals surface area contributed by atoms with E-state index in [1.807, 2.05) is 19.3 Å². The van der Waals surface area contributed by atoms with Gasteiger partial charge in [-0.1, -0.05) is 13.8 Å². The second kappa shape index (κ2) is 31.7. The monoisotopic (exact) mass is 904 g/mol. The fourth-order valence-electron chi connectivity index (χ4n) is 4.23. The van der Waals surface area contributed by atoms with Crippen LogP contribution in [-0.4, -0.2) is 72.8 Å². The minimum atomic E-state index is -0.721. The molecule has 4 rings (SSSR count). The third kappa shape index (κ3) is 24.1. The van der Waals surface area contributed by atoms with E-state index in [-0.39, 0.29) is 116 Å². The SMILES string of the molecule is CC(C)(C)OC(=O)NN.CCc1c(C(=O)Cl)ccc2c1OCCO2.CCc1c(C(=O)NNC(=O)OC(C)(C)C)ccc2c1OCCO2.ClCCl.O=CO[O-].[H-].[K+].[K+]. The molecule has 2 aromatic carbocycles. The van der Waals surface area contributed by atoms with Crippen LogP contribution in [0.4, 0.5) is 9.59 Å². The number of hydrogen-bond acceptors (Lipinski definition) is 14. The van der Waals surface area contributed by atoms with Crippen LogP contribution in [0.3, 0.4) is 0 Å². The van der Waals surface area contributed by atoms with Crippen molar-refractivity contribution in [1.29, 1.82) is 0 Å². The molecule has 2 aliphatic heterocycles. The number of alkyl halides is 2. The molecule has 2 aliphatic rings. The third-order valence-electron chi connectivity index (χ3n) is 6.02. The number of nitrogens with one attached hydrogen (secondary N) is 3. The maximum Gasteiger partial charge on any atom is 1.00 e. The number of carbonyl (C=O) groups excluding carboxylic acids is 5. The van der Waals surface area contributed by atoms with Gasteiger partial charge in [-0.05, 0) is 90.3 Å². The average Bonchev–Trinajstić information content (AvgIpc) is 3.12. The third-order valence-corrected chi connectivity index (χ3v) is 6.22. The van der Waals surface area contributed by atoms with E-state index in [1.165, 1.54) is 0 Å². The molecule has 3 amide bonds. The second-order valence-corrected chi connectivity index (χ2v) is 13.4. The molecule has 5 N–H and O–H groups in total. The number of benzene rings is 2. The maximum atomic E-state index is 12.3. The predicted octanol–water partition coefficient (Wildman–Crippen LogP) is -1.05. The van der Waals surface area contributed by atoms with Crippen LogP contribution in [-0.2, 0) is 32.0 Å². The van der Waals surface area contributed by atoms with Gasteiger partial charge in [0.05, 0.1) is 5.34 Å². The van der Waals surface area contributed by atoms with Crippen LogP contribution >= 0.6 is 34.8 Å². The fraction of sp³-hybridized carbons (Fsp3) is 0.500. The Morgan fingerprint density at radius 2 is 1.14 bits per heavy atom. The largest absolute Gasteiger partial charge is 1.00 e. The summed E-state index contributed by atoms with van der Waals surface area (Å²) in [6.45, 7) is 16.2. The molecular formula is C34H49Cl3K2N4O13. The summed E-state index contributed by atoms with van der Waals surface area (Å²) in [6.07, 6.45) is -0.0360. The van der Waals surface area contributed by atoms with Crippen molar-refractivity contribution < 1.29 is 167 Å². The Morgan fingerprint density at radius 1 is 0.768 bits per heavy atom. The summed E-state index contributed by atoms with van der Waals surface area (Å²) in [6, 6.07) is 6.75. The van der Waals surface area contributed by atoms with Crippen molar-refractivity contribution in [3.63, 3.8) is 0 Å². The first-order valence-electron chi connectivity index (χ1n) is 16.2. The van der Waals surface area contributed by atoms with E-state index < -0.39 is 34.5 Å². The molecule has 0 atom stereocenters. The summed E-state index contributed by atoms with van der Waals surface area (Å²) in [4.78, 5) is 56.7. The van der Waals surface area contributed by atoms with Gasteiger partial charge >= 0.3 is 115 Å². The number of rotatable bonds is 5. The van der Waals surface area contributed by atoms with Gasteiger partial charge in [0.1, 0.15) is 37.6 Å². The molecule has 0 aromatic heterocycles. The molecule has 56 heavy (non-hydrogen) atoms. The molecule has 17 nitrogen and oxygen atoms in total. The van der Waals surface area contributed by atoms with Gasteiger partial charge in [0.2, 0.25) is 0 Å². The Morgan fingerprint density at radius 3 is 1.48 bits per heavy atom.